The number of hydrogen-bond donors (Lipinski definition) is 1. The zero-order chi connectivity index (χ0) is 25.4. The minimum Gasteiger partial charge on any atom is -0.484 e. The lowest BCUT2D eigenvalue weighted by Gasteiger charge is -2.32. The summed E-state index contributed by atoms with van der Waals surface area (Å²) in [6.07, 6.45) is 0.347. The van der Waals surface area contributed by atoms with Gasteiger partial charge in [0.2, 0.25) is 5.91 Å². The van der Waals surface area contributed by atoms with Gasteiger partial charge in [-0.3, -0.25) is 9.59 Å². The molecule has 2 amide bonds. The molecule has 3 rings (SSSR count). The van der Waals surface area contributed by atoms with Crippen LogP contribution in [0.3, 0.4) is 0 Å². The van der Waals surface area contributed by atoms with Crippen LogP contribution in [0.5, 0.6) is 5.75 Å². The van der Waals surface area contributed by atoms with Gasteiger partial charge in [0.1, 0.15) is 11.8 Å². The van der Waals surface area contributed by atoms with Gasteiger partial charge in [-0.2, -0.15) is 0 Å². The lowest BCUT2D eigenvalue weighted by atomic mass is 10.0. The predicted octanol–water partition coefficient (Wildman–Crippen LogP) is 6.14. The number of benzene rings is 3. The second-order valence-corrected chi connectivity index (χ2v) is 10.5. The van der Waals surface area contributed by atoms with E-state index in [1.165, 1.54) is 4.90 Å². The highest BCUT2D eigenvalue weighted by Gasteiger charge is 2.31. The van der Waals surface area contributed by atoms with Crippen molar-refractivity contribution in [3.8, 4) is 5.75 Å². The zero-order valence-corrected chi connectivity index (χ0v) is 23.2. The summed E-state index contributed by atoms with van der Waals surface area (Å²) in [6, 6.07) is 21.3. The molecule has 0 fully saturated rings. The van der Waals surface area contributed by atoms with E-state index in [2.05, 4.69) is 27.9 Å². The molecule has 1 atom stereocenters. The summed E-state index contributed by atoms with van der Waals surface area (Å²) in [5, 5.41) is 3.88. The van der Waals surface area contributed by atoms with Crippen molar-refractivity contribution in [2.45, 2.75) is 38.9 Å². The third kappa shape index (κ3) is 8.40. The average Bonchev–Trinajstić information content (AvgIpc) is 2.82. The van der Waals surface area contributed by atoms with Crippen LogP contribution < -0.4 is 10.1 Å². The van der Waals surface area contributed by atoms with Gasteiger partial charge < -0.3 is 15.0 Å². The van der Waals surface area contributed by atoms with Crippen LogP contribution in [0.15, 0.2) is 72.8 Å². The van der Waals surface area contributed by atoms with E-state index in [0.717, 1.165) is 9.13 Å². The summed E-state index contributed by atoms with van der Waals surface area (Å²) in [5.74, 6) is 0.0143. The molecule has 0 heterocycles. The molecule has 0 saturated carbocycles. The smallest absolute Gasteiger partial charge is 0.261 e. The first-order valence-corrected chi connectivity index (χ1v) is 13.0. The third-order valence-corrected chi connectivity index (χ3v) is 6.54. The standard InChI is InChI=1S/C27H27Cl2IN2O3/c1-18(2)31-27(34)25(14-19-6-4-3-5-7-19)32(16-20-8-9-21(28)15-24(20)29)26(33)17-35-23-12-10-22(30)11-13-23/h3-13,15,18,25H,14,16-17H2,1-2H3,(H,31,34)/t25-/m1/s1. The molecule has 0 unspecified atom stereocenters. The molecule has 0 saturated heterocycles. The highest BCUT2D eigenvalue weighted by atomic mass is 127. The Bertz CT molecular complexity index is 1140. The topological polar surface area (TPSA) is 58.6 Å². The Morgan fingerprint density at radius 2 is 1.69 bits per heavy atom. The van der Waals surface area contributed by atoms with Crippen molar-refractivity contribution in [3.63, 3.8) is 0 Å². The van der Waals surface area contributed by atoms with Crippen molar-refractivity contribution in [1.82, 2.24) is 10.2 Å². The molecular formula is C27H27Cl2IN2O3. The van der Waals surface area contributed by atoms with Gasteiger partial charge in [-0.05, 0) is 84.0 Å². The summed E-state index contributed by atoms with van der Waals surface area (Å²) < 4.78 is 6.84. The van der Waals surface area contributed by atoms with E-state index >= 15 is 0 Å². The van der Waals surface area contributed by atoms with Gasteiger partial charge in [-0.15, -0.1) is 0 Å². The van der Waals surface area contributed by atoms with Crippen LogP contribution in [0.25, 0.3) is 0 Å². The molecule has 0 spiro atoms. The monoisotopic (exact) mass is 624 g/mol. The van der Waals surface area contributed by atoms with Gasteiger partial charge in [0.05, 0.1) is 0 Å². The Balaban J connectivity index is 1.93. The first-order valence-electron chi connectivity index (χ1n) is 11.2. The van der Waals surface area contributed by atoms with E-state index in [1.807, 2.05) is 68.4 Å². The van der Waals surface area contributed by atoms with Crippen molar-refractivity contribution in [2.75, 3.05) is 6.61 Å². The van der Waals surface area contributed by atoms with E-state index in [9.17, 15) is 9.59 Å². The molecule has 3 aromatic carbocycles. The van der Waals surface area contributed by atoms with Crippen molar-refractivity contribution in [1.29, 1.82) is 0 Å². The fourth-order valence-corrected chi connectivity index (χ4v) is 4.35. The quantitative estimate of drug-likeness (QED) is 0.276. The molecule has 0 aromatic heterocycles. The fraction of sp³-hybridized carbons (Fsp3) is 0.259. The van der Waals surface area contributed by atoms with E-state index in [1.54, 1.807) is 18.2 Å². The van der Waals surface area contributed by atoms with E-state index in [4.69, 9.17) is 27.9 Å². The number of nitrogens with zero attached hydrogens (tertiary/aromatic N) is 1. The first-order chi connectivity index (χ1) is 16.7. The Morgan fingerprint density at radius 1 is 1.00 bits per heavy atom. The van der Waals surface area contributed by atoms with Gasteiger partial charge in [0.25, 0.3) is 5.91 Å². The van der Waals surface area contributed by atoms with Gasteiger partial charge >= 0.3 is 0 Å². The van der Waals surface area contributed by atoms with Crippen molar-refractivity contribution < 1.29 is 14.3 Å². The molecule has 0 radical (unpaired) electrons. The molecule has 8 heteroatoms. The first kappa shape index (κ1) is 27.3. The third-order valence-electron chi connectivity index (χ3n) is 5.23. The van der Waals surface area contributed by atoms with E-state index in [-0.39, 0.29) is 31.0 Å². The largest absolute Gasteiger partial charge is 0.484 e. The van der Waals surface area contributed by atoms with Gasteiger partial charge in [-0.25, -0.2) is 0 Å². The number of hydrogen-bond acceptors (Lipinski definition) is 3. The Hall–Kier alpha value is -2.29. The second kappa shape index (κ2) is 13.1. The number of carbonyl (C=O) groups excluding carboxylic acids is 2. The van der Waals surface area contributed by atoms with Crippen molar-refractivity contribution in [2.24, 2.45) is 0 Å². The molecule has 0 aliphatic carbocycles. The molecule has 35 heavy (non-hydrogen) atoms. The SMILES string of the molecule is CC(C)NC(=O)[C@@H](Cc1ccccc1)N(Cc1ccc(Cl)cc1Cl)C(=O)COc1ccc(I)cc1. The van der Waals surface area contributed by atoms with Crippen molar-refractivity contribution >= 4 is 57.6 Å². The van der Waals surface area contributed by atoms with Crippen LogP contribution in [-0.4, -0.2) is 35.4 Å². The molecule has 5 nitrogen and oxygen atoms in total. The summed E-state index contributed by atoms with van der Waals surface area (Å²) in [5.41, 5.74) is 1.63. The second-order valence-electron chi connectivity index (χ2n) is 8.37. The summed E-state index contributed by atoms with van der Waals surface area (Å²) in [7, 11) is 0. The normalized spacial score (nSPS) is 11.7. The lowest BCUT2D eigenvalue weighted by Crippen LogP contribution is -2.52. The van der Waals surface area contributed by atoms with Gasteiger partial charge in [0, 0.05) is 32.6 Å². The van der Waals surface area contributed by atoms with E-state index in [0.29, 0.717) is 27.8 Å². The van der Waals surface area contributed by atoms with Crippen LogP contribution in [0.4, 0.5) is 0 Å². The zero-order valence-electron chi connectivity index (χ0n) is 19.5. The highest BCUT2D eigenvalue weighted by molar-refractivity contribution is 14.1. The Kier molecular flexibility index (Phi) is 10.2. The van der Waals surface area contributed by atoms with Gasteiger partial charge in [0.15, 0.2) is 6.61 Å². The molecule has 3 aromatic rings. The molecular weight excluding hydrogens is 598 g/mol. The molecule has 0 aliphatic rings. The summed E-state index contributed by atoms with van der Waals surface area (Å²) in [4.78, 5) is 28.4. The van der Waals surface area contributed by atoms with Crippen LogP contribution >= 0.6 is 45.8 Å². The Labute approximate surface area is 229 Å². The van der Waals surface area contributed by atoms with Crippen LogP contribution in [0.1, 0.15) is 25.0 Å². The predicted molar refractivity (Wildman–Crippen MR) is 149 cm³/mol. The number of nitrogens with one attached hydrogen (secondary N) is 1. The number of halogens is 3. The minimum atomic E-state index is -0.764. The van der Waals surface area contributed by atoms with Crippen molar-refractivity contribution in [3.05, 3.63) is 97.5 Å². The maximum absolute atomic E-state index is 13.5. The maximum atomic E-state index is 13.5. The molecule has 0 bridgehead atoms. The lowest BCUT2D eigenvalue weighted by molar-refractivity contribution is -0.143. The van der Waals surface area contributed by atoms with Gasteiger partial charge in [-0.1, -0.05) is 59.6 Å². The number of ether oxygens (including phenoxy) is 1. The fourth-order valence-electron chi connectivity index (χ4n) is 3.53. The number of carbonyl (C=O) groups is 2. The van der Waals surface area contributed by atoms with Crippen LogP contribution in [-0.2, 0) is 22.6 Å². The Morgan fingerprint density at radius 3 is 2.31 bits per heavy atom. The molecule has 1 N–H and O–H groups in total. The van der Waals surface area contributed by atoms with Crippen LogP contribution in [0.2, 0.25) is 10.0 Å². The average molecular weight is 625 g/mol. The summed E-state index contributed by atoms with van der Waals surface area (Å²) >= 11 is 14.7. The minimum absolute atomic E-state index is 0.0834. The summed E-state index contributed by atoms with van der Waals surface area (Å²) in [6.45, 7) is 3.69. The molecule has 184 valence electrons. The van der Waals surface area contributed by atoms with Crippen LogP contribution in [0, 0.1) is 3.57 Å². The highest BCUT2D eigenvalue weighted by Crippen LogP contribution is 2.24. The number of rotatable bonds is 10. The molecule has 0 aliphatic heterocycles. The van der Waals surface area contributed by atoms with E-state index < -0.39 is 6.04 Å². The maximum Gasteiger partial charge on any atom is 0.261 e. The number of amides is 2.